The third-order valence-corrected chi connectivity index (χ3v) is 5.54. The molecule has 0 unspecified atom stereocenters. The molecule has 0 bridgehead atoms. The van der Waals surface area contributed by atoms with Gasteiger partial charge in [0.1, 0.15) is 6.04 Å². The van der Waals surface area contributed by atoms with Crippen molar-refractivity contribution in [2.75, 3.05) is 6.54 Å². The van der Waals surface area contributed by atoms with E-state index in [9.17, 15) is 4.79 Å². The number of rotatable bonds is 4. The topological polar surface area (TPSA) is 59.2 Å². The van der Waals surface area contributed by atoms with E-state index in [1.807, 2.05) is 39.2 Å². The van der Waals surface area contributed by atoms with E-state index in [0.717, 1.165) is 29.8 Å². The lowest BCUT2D eigenvalue weighted by Gasteiger charge is -2.21. The Morgan fingerprint density at radius 3 is 3.13 bits per heavy atom. The first-order chi connectivity index (χ1) is 11.3. The molecule has 4 rings (SSSR count). The maximum absolute atomic E-state index is 12.6. The summed E-state index contributed by atoms with van der Waals surface area (Å²) in [4.78, 5) is 20.0. The van der Waals surface area contributed by atoms with Crippen LogP contribution in [0.25, 0.3) is 11.4 Å². The first kappa shape index (κ1) is 14.6. The zero-order valence-electron chi connectivity index (χ0n) is 12.3. The van der Waals surface area contributed by atoms with Gasteiger partial charge >= 0.3 is 0 Å². The number of carbonyl (C=O) groups excluding carboxylic acids is 1. The van der Waals surface area contributed by atoms with Crippen molar-refractivity contribution in [3.8, 4) is 11.4 Å². The minimum atomic E-state index is -0.0950. The van der Waals surface area contributed by atoms with Crippen molar-refractivity contribution in [3.05, 3.63) is 45.1 Å². The third-order valence-electron chi connectivity index (χ3n) is 3.98. The van der Waals surface area contributed by atoms with Gasteiger partial charge in [-0.1, -0.05) is 11.2 Å². The van der Waals surface area contributed by atoms with Crippen LogP contribution in [0, 0.1) is 0 Å². The number of hydrogen-bond donors (Lipinski definition) is 0. The molecule has 1 atom stereocenters. The molecule has 4 heterocycles. The van der Waals surface area contributed by atoms with Crippen LogP contribution >= 0.6 is 22.7 Å². The first-order valence-corrected chi connectivity index (χ1v) is 9.31. The van der Waals surface area contributed by atoms with Crippen LogP contribution in [0.4, 0.5) is 0 Å². The number of aromatic nitrogens is 2. The number of thiophene rings is 2. The summed E-state index contributed by atoms with van der Waals surface area (Å²) >= 11 is 3.21. The molecule has 3 aromatic rings. The fourth-order valence-electron chi connectivity index (χ4n) is 2.87. The van der Waals surface area contributed by atoms with Gasteiger partial charge in [0.2, 0.25) is 17.6 Å². The Morgan fingerprint density at radius 2 is 2.35 bits per heavy atom. The monoisotopic (exact) mass is 345 g/mol. The van der Waals surface area contributed by atoms with Crippen LogP contribution in [0.5, 0.6) is 0 Å². The van der Waals surface area contributed by atoms with E-state index in [1.54, 1.807) is 22.7 Å². The third kappa shape index (κ3) is 2.94. The molecule has 1 aliphatic rings. The minimum Gasteiger partial charge on any atom is -0.337 e. The molecule has 118 valence electrons. The lowest BCUT2D eigenvalue weighted by Crippen LogP contribution is -2.31. The predicted octanol–water partition coefficient (Wildman–Crippen LogP) is 3.77. The van der Waals surface area contributed by atoms with E-state index in [-0.39, 0.29) is 11.9 Å². The molecule has 1 amide bonds. The van der Waals surface area contributed by atoms with E-state index in [0.29, 0.717) is 18.1 Å². The summed E-state index contributed by atoms with van der Waals surface area (Å²) < 4.78 is 5.44. The number of hydrogen-bond acceptors (Lipinski definition) is 6. The predicted molar refractivity (Wildman–Crippen MR) is 89.3 cm³/mol. The molecular weight excluding hydrogens is 330 g/mol. The lowest BCUT2D eigenvalue weighted by molar-refractivity contribution is -0.131. The van der Waals surface area contributed by atoms with Crippen molar-refractivity contribution in [1.82, 2.24) is 15.0 Å². The molecule has 3 aromatic heterocycles. The van der Waals surface area contributed by atoms with Gasteiger partial charge in [-0.3, -0.25) is 4.79 Å². The molecular formula is C16H15N3O2S2. The zero-order valence-corrected chi connectivity index (χ0v) is 14.0. The minimum absolute atomic E-state index is 0.0950. The Hall–Kier alpha value is -1.99. The van der Waals surface area contributed by atoms with Crippen molar-refractivity contribution in [2.24, 2.45) is 0 Å². The van der Waals surface area contributed by atoms with E-state index in [1.165, 1.54) is 0 Å². The largest absolute Gasteiger partial charge is 0.337 e. The van der Waals surface area contributed by atoms with Crippen molar-refractivity contribution in [3.63, 3.8) is 0 Å². The Balaban J connectivity index is 1.52. The van der Waals surface area contributed by atoms with Gasteiger partial charge in [0.05, 0.1) is 6.42 Å². The van der Waals surface area contributed by atoms with Crippen molar-refractivity contribution < 1.29 is 9.32 Å². The second-order valence-electron chi connectivity index (χ2n) is 5.47. The average molecular weight is 345 g/mol. The van der Waals surface area contributed by atoms with Gasteiger partial charge in [0.25, 0.3) is 0 Å². The second-order valence-corrected chi connectivity index (χ2v) is 7.28. The fourth-order valence-corrected chi connectivity index (χ4v) is 4.20. The fraction of sp³-hybridized carbons (Fsp3) is 0.312. The number of likely N-dealkylation sites (tertiary alicyclic amines) is 1. The van der Waals surface area contributed by atoms with Gasteiger partial charge < -0.3 is 9.42 Å². The second kappa shape index (κ2) is 6.25. The molecule has 0 radical (unpaired) electrons. The Morgan fingerprint density at radius 1 is 1.39 bits per heavy atom. The summed E-state index contributed by atoms with van der Waals surface area (Å²) in [7, 11) is 0. The van der Waals surface area contributed by atoms with E-state index < -0.39 is 0 Å². The molecule has 0 spiro atoms. The summed E-state index contributed by atoms with van der Waals surface area (Å²) in [6, 6.07) is 5.84. The molecule has 1 fully saturated rings. The average Bonchev–Trinajstić information content (AvgIpc) is 3.30. The lowest BCUT2D eigenvalue weighted by atomic mass is 10.2. The summed E-state index contributed by atoms with van der Waals surface area (Å²) in [6.45, 7) is 0.755. The van der Waals surface area contributed by atoms with Gasteiger partial charge in [-0.2, -0.15) is 16.3 Å². The summed E-state index contributed by atoms with van der Waals surface area (Å²) in [5.41, 5.74) is 0.958. The maximum atomic E-state index is 12.6. The highest BCUT2D eigenvalue weighted by atomic mass is 32.1. The molecule has 23 heavy (non-hydrogen) atoms. The Bertz CT molecular complexity index is 780. The summed E-state index contributed by atoms with van der Waals surface area (Å²) in [5.74, 6) is 1.27. The highest BCUT2D eigenvalue weighted by Gasteiger charge is 2.34. The van der Waals surface area contributed by atoms with Gasteiger partial charge in [-0.25, -0.2) is 0 Å². The molecule has 0 N–H and O–H groups in total. The highest BCUT2D eigenvalue weighted by molar-refractivity contribution is 7.10. The van der Waals surface area contributed by atoms with Crippen LogP contribution in [0.2, 0.25) is 0 Å². The van der Waals surface area contributed by atoms with Gasteiger partial charge in [-0.05, 0) is 35.7 Å². The summed E-state index contributed by atoms with van der Waals surface area (Å²) in [6.07, 6.45) is 2.29. The van der Waals surface area contributed by atoms with Gasteiger partial charge in [0.15, 0.2) is 0 Å². The molecule has 7 heteroatoms. The van der Waals surface area contributed by atoms with E-state index in [2.05, 4.69) is 10.1 Å². The van der Waals surface area contributed by atoms with Crippen LogP contribution in [0.3, 0.4) is 0 Å². The smallest absolute Gasteiger partial charge is 0.249 e. The first-order valence-electron chi connectivity index (χ1n) is 7.49. The summed E-state index contributed by atoms with van der Waals surface area (Å²) in [5, 5.41) is 10.0. The highest BCUT2D eigenvalue weighted by Crippen LogP contribution is 2.33. The van der Waals surface area contributed by atoms with Crippen molar-refractivity contribution in [1.29, 1.82) is 0 Å². The van der Waals surface area contributed by atoms with Crippen LogP contribution in [-0.2, 0) is 11.2 Å². The van der Waals surface area contributed by atoms with Crippen LogP contribution < -0.4 is 0 Å². The van der Waals surface area contributed by atoms with Crippen LogP contribution in [-0.4, -0.2) is 27.5 Å². The maximum Gasteiger partial charge on any atom is 0.249 e. The number of nitrogens with zero attached hydrogens (tertiary/aromatic N) is 3. The normalized spacial score (nSPS) is 17.7. The molecule has 0 aliphatic carbocycles. The molecule has 1 saturated heterocycles. The molecule has 0 aromatic carbocycles. The SMILES string of the molecule is O=C(Cc1cccs1)N1CCC[C@@H]1c1nc(-c2ccsc2)no1. The van der Waals surface area contributed by atoms with Crippen molar-refractivity contribution in [2.45, 2.75) is 25.3 Å². The zero-order chi connectivity index (χ0) is 15.6. The molecule has 0 saturated carbocycles. The molecule has 1 aliphatic heterocycles. The van der Waals surface area contributed by atoms with Crippen LogP contribution in [0.15, 0.2) is 38.9 Å². The Labute approximate surface area is 141 Å². The van der Waals surface area contributed by atoms with Gasteiger partial charge in [0, 0.05) is 22.4 Å². The van der Waals surface area contributed by atoms with E-state index in [4.69, 9.17) is 4.52 Å². The molecule has 5 nitrogen and oxygen atoms in total. The van der Waals surface area contributed by atoms with E-state index >= 15 is 0 Å². The quantitative estimate of drug-likeness (QED) is 0.722. The standard InChI is InChI=1S/C16H15N3O2S2/c20-14(9-12-3-2-7-23-12)19-6-1-4-13(19)16-17-15(18-21-16)11-5-8-22-10-11/h2-3,5,7-8,10,13H,1,4,6,9H2/t13-/m1/s1. The number of carbonyl (C=O) groups is 1. The van der Waals surface area contributed by atoms with Crippen molar-refractivity contribution >= 4 is 28.6 Å². The number of amides is 1. The Kier molecular flexibility index (Phi) is 3.97. The van der Waals surface area contributed by atoms with Gasteiger partial charge in [-0.15, -0.1) is 11.3 Å². The van der Waals surface area contributed by atoms with Crippen LogP contribution in [0.1, 0.15) is 29.7 Å².